The van der Waals surface area contributed by atoms with Crippen molar-refractivity contribution in [3.05, 3.63) is 12.2 Å². The molecule has 0 saturated heterocycles. The molecule has 0 fully saturated rings. The maximum atomic E-state index is 11.2. The third-order valence-electron chi connectivity index (χ3n) is 2.80. The van der Waals surface area contributed by atoms with Gasteiger partial charge >= 0.3 is 5.97 Å². The SMILES string of the molecule is CC/C=C\CCCCCCCC(=O)OC[C@H](O)CO. The van der Waals surface area contributed by atoms with Crippen LogP contribution < -0.4 is 0 Å². The summed E-state index contributed by atoms with van der Waals surface area (Å²) in [5.74, 6) is -0.293. The molecule has 0 radical (unpaired) electrons. The number of aliphatic hydroxyl groups excluding tert-OH is 2. The van der Waals surface area contributed by atoms with E-state index in [0.717, 1.165) is 32.1 Å². The Bertz CT molecular complexity index is 238. The summed E-state index contributed by atoms with van der Waals surface area (Å²) < 4.78 is 4.81. The highest BCUT2D eigenvalue weighted by atomic mass is 16.5. The summed E-state index contributed by atoms with van der Waals surface area (Å²) >= 11 is 0. The molecule has 1 atom stereocenters. The molecule has 0 aromatic carbocycles. The normalized spacial score (nSPS) is 12.8. The van der Waals surface area contributed by atoms with Crippen molar-refractivity contribution in [3.63, 3.8) is 0 Å². The van der Waals surface area contributed by atoms with Crippen molar-refractivity contribution < 1.29 is 19.7 Å². The predicted molar refractivity (Wildman–Crippen MR) is 75.8 cm³/mol. The van der Waals surface area contributed by atoms with E-state index in [1.165, 1.54) is 12.8 Å². The van der Waals surface area contributed by atoms with Crippen molar-refractivity contribution in [3.8, 4) is 0 Å². The number of rotatable bonds is 12. The molecule has 19 heavy (non-hydrogen) atoms. The van der Waals surface area contributed by atoms with Crippen LogP contribution in [-0.2, 0) is 9.53 Å². The monoisotopic (exact) mass is 272 g/mol. The first-order valence-corrected chi connectivity index (χ1v) is 7.30. The summed E-state index contributed by atoms with van der Waals surface area (Å²) in [6.45, 7) is 1.65. The molecule has 0 amide bonds. The molecule has 0 aliphatic heterocycles. The Morgan fingerprint density at radius 1 is 1.16 bits per heavy atom. The largest absolute Gasteiger partial charge is 0.463 e. The molecule has 2 N–H and O–H groups in total. The zero-order chi connectivity index (χ0) is 14.3. The van der Waals surface area contributed by atoms with Crippen LogP contribution in [0.2, 0.25) is 0 Å². The Labute approximate surface area is 116 Å². The fourth-order valence-corrected chi connectivity index (χ4v) is 1.66. The first-order chi connectivity index (χ1) is 9.20. The molecule has 0 aromatic heterocycles. The van der Waals surface area contributed by atoms with Gasteiger partial charge in [0.15, 0.2) is 0 Å². The second-order valence-electron chi connectivity index (χ2n) is 4.71. The fraction of sp³-hybridized carbons (Fsp3) is 0.800. The van der Waals surface area contributed by atoms with Crippen LogP contribution in [0.4, 0.5) is 0 Å². The maximum Gasteiger partial charge on any atom is 0.305 e. The molecule has 0 rings (SSSR count). The third kappa shape index (κ3) is 13.4. The van der Waals surface area contributed by atoms with Gasteiger partial charge in [0.1, 0.15) is 12.7 Å². The highest BCUT2D eigenvalue weighted by Gasteiger charge is 2.07. The van der Waals surface area contributed by atoms with E-state index < -0.39 is 6.10 Å². The Hall–Kier alpha value is -0.870. The van der Waals surface area contributed by atoms with Crippen molar-refractivity contribution >= 4 is 5.97 Å². The highest BCUT2D eigenvalue weighted by Crippen LogP contribution is 2.08. The number of allylic oxidation sites excluding steroid dienone is 2. The molecule has 4 nitrogen and oxygen atoms in total. The molecular formula is C15H28O4. The van der Waals surface area contributed by atoms with Gasteiger partial charge in [0.25, 0.3) is 0 Å². The molecule has 0 aromatic rings. The summed E-state index contributed by atoms with van der Waals surface area (Å²) in [7, 11) is 0. The summed E-state index contributed by atoms with van der Waals surface area (Å²) in [5, 5.41) is 17.6. The molecule has 112 valence electrons. The molecule has 0 heterocycles. The Balaban J connectivity index is 3.25. The third-order valence-corrected chi connectivity index (χ3v) is 2.80. The summed E-state index contributed by atoms with van der Waals surface area (Å²) in [6, 6.07) is 0. The number of carbonyl (C=O) groups excluding carboxylic acids is 1. The smallest absolute Gasteiger partial charge is 0.305 e. The van der Waals surface area contributed by atoms with Gasteiger partial charge in [0.05, 0.1) is 6.61 Å². The van der Waals surface area contributed by atoms with Crippen molar-refractivity contribution in [2.24, 2.45) is 0 Å². The van der Waals surface area contributed by atoms with Crippen LogP contribution in [0.25, 0.3) is 0 Å². The van der Waals surface area contributed by atoms with E-state index in [9.17, 15) is 4.79 Å². The van der Waals surface area contributed by atoms with Gasteiger partial charge < -0.3 is 14.9 Å². The van der Waals surface area contributed by atoms with Crippen molar-refractivity contribution in [2.75, 3.05) is 13.2 Å². The molecule has 4 heteroatoms. The number of unbranched alkanes of at least 4 members (excludes halogenated alkanes) is 5. The standard InChI is InChI=1S/C15H28O4/c1-2-3-4-5-6-7-8-9-10-11-15(18)19-13-14(17)12-16/h3-4,14,16-17H,2,5-13H2,1H3/b4-3-/t14-/m1/s1. The van der Waals surface area contributed by atoms with Crippen LogP contribution in [0, 0.1) is 0 Å². The minimum Gasteiger partial charge on any atom is -0.463 e. The minimum atomic E-state index is -0.958. The number of ether oxygens (including phenoxy) is 1. The van der Waals surface area contributed by atoms with Crippen LogP contribution >= 0.6 is 0 Å². The van der Waals surface area contributed by atoms with Crippen molar-refractivity contribution in [2.45, 2.75) is 64.4 Å². The first-order valence-electron chi connectivity index (χ1n) is 7.30. The summed E-state index contributed by atoms with van der Waals surface area (Å²) in [5.41, 5.74) is 0. The minimum absolute atomic E-state index is 0.112. The van der Waals surface area contributed by atoms with E-state index in [2.05, 4.69) is 19.1 Å². The quantitative estimate of drug-likeness (QED) is 0.325. The molecular weight excluding hydrogens is 244 g/mol. The van der Waals surface area contributed by atoms with E-state index in [-0.39, 0.29) is 19.2 Å². The highest BCUT2D eigenvalue weighted by molar-refractivity contribution is 5.69. The van der Waals surface area contributed by atoms with Gasteiger partial charge in [0.2, 0.25) is 0 Å². The van der Waals surface area contributed by atoms with Crippen LogP contribution in [0.15, 0.2) is 12.2 Å². The van der Waals surface area contributed by atoms with E-state index in [0.29, 0.717) is 6.42 Å². The van der Waals surface area contributed by atoms with Gasteiger partial charge in [-0.05, 0) is 25.7 Å². The lowest BCUT2D eigenvalue weighted by Crippen LogP contribution is -2.21. The predicted octanol–water partition coefficient (Wildman–Crippen LogP) is 2.58. The van der Waals surface area contributed by atoms with Gasteiger partial charge in [-0.2, -0.15) is 0 Å². The molecule has 0 spiro atoms. The summed E-state index contributed by atoms with van der Waals surface area (Å²) in [4.78, 5) is 11.2. The number of aliphatic hydroxyl groups is 2. The van der Waals surface area contributed by atoms with E-state index in [1.807, 2.05) is 0 Å². The van der Waals surface area contributed by atoms with Crippen LogP contribution in [0.5, 0.6) is 0 Å². The van der Waals surface area contributed by atoms with Gasteiger partial charge in [0, 0.05) is 6.42 Å². The van der Waals surface area contributed by atoms with E-state index in [4.69, 9.17) is 14.9 Å². The lowest BCUT2D eigenvalue weighted by Gasteiger charge is -2.08. The number of esters is 1. The number of hydrogen-bond donors (Lipinski definition) is 2. The van der Waals surface area contributed by atoms with Crippen molar-refractivity contribution in [1.29, 1.82) is 0 Å². The van der Waals surface area contributed by atoms with Crippen molar-refractivity contribution in [1.82, 2.24) is 0 Å². The van der Waals surface area contributed by atoms with Crippen LogP contribution in [0.1, 0.15) is 58.3 Å². The summed E-state index contributed by atoms with van der Waals surface area (Å²) in [6.07, 6.45) is 11.5. The molecule has 0 bridgehead atoms. The first kappa shape index (κ1) is 18.1. The Kier molecular flexibility index (Phi) is 12.9. The van der Waals surface area contributed by atoms with Crippen LogP contribution in [-0.4, -0.2) is 35.5 Å². The molecule has 0 saturated carbocycles. The average Bonchev–Trinajstić information content (AvgIpc) is 2.42. The molecule has 0 aliphatic carbocycles. The second-order valence-corrected chi connectivity index (χ2v) is 4.71. The molecule has 0 unspecified atom stereocenters. The van der Waals surface area contributed by atoms with E-state index >= 15 is 0 Å². The van der Waals surface area contributed by atoms with Gasteiger partial charge in [-0.3, -0.25) is 4.79 Å². The lowest BCUT2D eigenvalue weighted by atomic mass is 10.1. The Morgan fingerprint density at radius 3 is 2.53 bits per heavy atom. The van der Waals surface area contributed by atoms with Crippen LogP contribution in [0.3, 0.4) is 0 Å². The zero-order valence-electron chi connectivity index (χ0n) is 12.0. The average molecular weight is 272 g/mol. The fourth-order valence-electron chi connectivity index (χ4n) is 1.66. The number of hydrogen-bond acceptors (Lipinski definition) is 4. The Morgan fingerprint density at radius 2 is 1.84 bits per heavy atom. The van der Waals surface area contributed by atoms with Gasteiger partial charge in [-0.15, -0.1) is 0 Å². The maximum absolute atomic E-state index is 11.2. The lowest BCUT2D eigenvalue weighted by molar-refractivity contribution is -0.147. The van der Waals surface area contributed by atoms with Gasteiger partial charge in [-0.25, -0.2) is 0 Å². The molecule has 0 aliphatic rings. The topological polar surface area (TPSA) is 66.8 Å². The van der Waals surface area contributed by atoms with E-state index in [1.54, 1.807) is 0 Å². The zero-order valence-corrected chi connectivity index (χ0v) is 12.0. The second kappa shape index (κ2) is 13.6. The van der Waals surface area contributed by atoms with Gasteiger partial charge in [-0.1, -0.05) is 38.3 Å². The number of carbonyl (C=O) groups is 1.